The van der Waals surface area contributed by atoms with Crippen LogP contribution < -0.4 is 4.98 Å². The predicted molar refractivity (Wildman–Crippen MR) is 286 cm³/mol. The van der Waals surface area contributed by atoms with Crippen LogP contribution in [0.25, 0.3) is 88.7 Å². The van der Waals surface area contributed by atoms with E-state index in [1.54, 1.807) is 36.5 Å². The maximum absolute atomic E-state index is 16.2. The van der Waals surface area contributed by atoms with E-state index >= 15 is 8.78 Å². The summed E-state index contributed by atoms with van der Waals surface area (Å²) in [7, 11) is 0. The van der Waals surface area contributed by atoms with Crippen molar-refractivity contribution in [2.45, 2.75) is 97.8 Å². The molecule has 358 valence electrons. The minimum atomic E-state index is -3.20. The van der Waals surface area contributed by atoms with Gasteiger partial charge in [-0.15, -0.1) is 34.8 Å². The number of nitrogens with zero attached hydrogens (tertiary/aromatic N) is 5. The zero-order valence-electron chi connectivity index (χ0n) is 41.9. The van der Waals surface area contributed by atoms with Crippen LogP contribution in [-0.4, -0.2) is 19.1 Å². The Kier molecular flexibility index (Phi) is 11.9. The van der Waals surface area contributed by atoms with Gasteiger partial charge < -0.3 is 9.55 Å². The van der Waals surface area contributed by atoms with Crippen molar-refractivity contribution in [3.63, 3.8) is 0 Å². The molecule has 7 aromatic carbocycles. The molecule has 11 aromatic rings. The van der Waals surface area contributed by atoms with E-state index in [0.717, 1.165) is 66.7 Å². The molecular formula is C63H57F2N5Pt. The van der Waals surface area contributed by atoms with Gasteiger partial charge in [-0.25, -0.2) is 9.97 Å². The van der Waals surface area contributed by atoms with E-state index in [0.29, 0.717) is 23.0 Å². The van der Waals surface area contributed by atoms with Crippen LogP contribution in [0.15, 0.2) is 152 Å². The molecule has 0 aliphatic rings. The van der Waals surface area contributed by atoms with Crippen molar-refractivity contribution >= 4 is 54.6 Å². The molecule has 0 saturated carbocycles. The largest absolute Gasteiger partial charge is 2.00 e. The summed E-state index contributed by atoms with van der Waals surface area (Å²) in [4.78, 5) is 16.1. The van der Waals surface area contributed by atoms with E-state index < -0.39 is 5.92 Å². The number of pyridine rings is 1. The molecule has 0 radical (unpaired) electrons. The SMILES string of the molecule is CC(C)c1cc2[n-]c3c(-c4nc5c(-c6[c-]c7c(cc6)c6cc(C(F)(F)c8ccccc8)ccc6n7-c6ccccn6)cccc5n4-c4ccccc4)cc(C(C)(C)C)c(C(C)(C)C)c3c2cc1C(C)C.[Pt+2]. The summed E-state index contributed by atoms with van der Waals surface area (Å²) in [6, 6.07) is 50.5. The van der Waals surface area contributed by atoms with E-state index in [9.17, 15) is 0 Å². The number of hydrogen-bond donors (Lipinski definition) is 0. The van der Waals surface area contributed by atoms with Gasteiger partial charge in [0.25, 0.3) is 5.92 Å². The molecule has 0 fully saturated rings. The van der Waals surface area contributed by atoms with Gasteiger partial charge in [0, 0.05) is 34.1 Å². The van der Waals surface area contributed by atoms with Crippen LogP contribution in [-0.2, 0) is 37.8 Å². The van der Waals surface area contributed by atoms with Gasteiger partial charge >= 0.3 is 21.1 Å². The van der Waals surface area contributed by atoms with Crippen molar-refractivity contribution in [3.05, 3.63) is 191 Å². The molecule has 0 aliphatic carbocycles. The molecule has 0 bridgehead atoms. The molecule has 71 heavy (non-hydrogen) atoms. The summed E-state index contributed by atoms with van der Waals surface area (Å²) >= 11 is 0. The Balaban J connectivity index is 0.00000582. The van der Waals surface area contributed by atoms with Crippen molar-refractivity contribution in [2.75, 3.05) is 0 Å². The summed E-state index contributed by atoms with van der Waals surface area (Å²) in [5.74, 6) is -1.04. The minimum Gasteiger partial charge on any atom is -0.656 e. The van der Waals surface area contributed by atoms with Crippen LogP contribution in [0.4, 0.5) is 8.78 Å². The van der Waals surface area contributed by atoms with E-state index in [1.807, 2.05) is 41.0 Å². The third kappa shape index (κ3) is 7.92. The number of fused-ring (bicyclic) bond motifs is 7. The molecule has 0 N–H and O–H groups in total. The Hall–Kier alpha value is -6.69. The second-order valence-corrected chi connectivity index (χ2v) is 21.6. The average Bonchev–Trinajstić information content (AvgIpc) is 4.02. The number of hydrogen-bond acceptors (Lipinski definition) is 2. The fourth-order valence-corrected chi connectivity index (χ4v) is 10.8. The van der Waals surface area contributed by atoms with Gasteiger partial charge in [-0.05, 0) is 109 Å². The Morgan fingerprint density at radius 2 is 1.28 bits per heavy atom. The van der Waals surface area contributed by atoms with Crippen molar-refractivity contribution in [1.29, 1.82) is 0 Å². The van der Waals surface area contributed by atoms with Crippen LogP contribution in [0.3, 0.4) is 0 Å². The summed E-state index contributed by atoms with van der Waals surface area (Å²) in [6.45, 7) is 23.0. The first-order valence-electron chi connectivity index (χ1n) is 24.5. The molecule has 4 aromatic heterocycles. The number of rotatable bonds is 8. The van der Waals surface area contributed by atoms with Gasteiger partial charge in [-0.3, -0.25) is 4.57 Å². The molecule has 11 rings (SSSR count). The van der Waals surface area contributed by atoms with E-state index in [1.165, 1.54) is 51.2 Å². The quantitative estimate of drug-likeness (QED) is 0.143. The number of halogens is 2. The zero-order valence-corrected chi connectivity index (χ0v) is 44.2. The first-order chi connectivity index (χ1) is 33.4. The molecule has 0 spiro atoms. The third-order valence-electron chi connectivity index (χ3n) is 14.1. The Labute approximate surface area is 429 Å². The van der Waals surface area contributed by atoms with E-state index in [2.05, 4.69) is 141 Å². The Morgan fingerprint density at radius 1 is 0.592 bits per heavy atom. The molecule has 0 aliphatic heterocycles. The first kappa shape index (κ1) is 48.0. The summed E-state index contributed by atoms with van der Waals surface area (Å²) in [5.41, 5.74) is 13.6. The molecule has 0 saturated heterocycles. The van der Waals surface area contributed by atoms with Gasteiger partial charge in [0.05, 0.1) is 11.0 Å². The van der Waals surface area contributed by atoms with Crippen LogP contribution in [0.2, 0.25) is 0 Å². The van der Waals surface area contributed by atoms with Crippen LogP contribution in [0.1, 0.15) is 114 Å². The number of para-hydroxylation sites is 2. The van der Waals surface area contributed by atoms with Crippen LogP contribution >= 0.6 is 0 Å². The monoisotopic (exact) mass is 1120 g/mol. The third-order valence-corrected chi connectivity index (χ3v) is 14.1. The standard InChI is InChI=1S/C63H57F2N5.Pt/c1-37(2)45-34-48-51(36-46(45)38(3)4)67-59-49(35-50(61(5,6)7)57(56(48)59)62(8,9)10)60-68-58-43(24-19-25-53(58)69(60)42-22-15-12-16-23-42)39-27-29-44-47-33-41(63(64,65)40-20-13-11-14-21-40)28-30-52(47)70(54(44)32-39)55-26-17-18-31-66-55;/h11-31,33-38H,1-10H3;/q-2;+2. The Morgan fingerprint density at radius 3 is 1.94 bits per heavy atom. The second kappa shape index (κ2) is 17.6. The van der Waals surface area contributed by atoms with Gasteiger partial charge in [-0.1, -0.05) is 171 Å². The maximum Gasteiger partial charge on any atom is 2.00 e. The van der Waals surface area contributed by atoms with Crippen molar-refractivity contribution in [2.24, 2.45) is 0 Å². The smallest absolute Gasteiger partial charge is 0.656 e. The molecule has 0 unspecified atom stereocenters. The van der Waals surface area contributed by atoms with Crippen LogP contribution in [0, 0.1) is 6.07 Å². The minimum absolute atomic E-state index is 0. The van der Waals surface area contributed by atoms with Gasteiger partial charge in [-0.2, -0.15) is 8.78 Å². The summed E-state index contributed by atoms with van der Waals surface area (Å²) in [5, 5.41) is 3.87. The zero-order chi connectivity index (χ0) is 49.0. The summed E-state index contributed by atoms with van der Waals surface area (Å²) in [6.07, 6.45) is 1.75. The fraction of sp³-hybridized carbons (Fsp3) is 0.238. The van der Waals surface area contributed by atoms with Gasteiger partial charge in [0.2, 0.25) is 0 Å². The molecule has 5 nitrogen and oxygen atoms in total. The van der Waals surface area contributed by atoms with E-state index in [4.69, 9.17) is 15.0 Å². The number of benzene rings is 7. The van der Waals surface area contributed by atoms with E-state index in [-0.39, 0.29) is 43.0 Å². The normalized spacial score (nSPS) is 12.6. The van der Waals surface area contributed by atoms with Gasteiger partial charge in [0.15, 0.2) is 0 Å². The number of aromatic nitrogens is 5. The second-order valence-electron chi connectivity index (χ2n) is 21.6. The maximum atomic E-state index is 16.2. The molecular weight excluding hydrogens is 1060 g/mol. The topological polar surface area (TPSA) is 49.7 Å². The number of alkyl halides is 2. The van der Waals surface area contributed by atoms with Crippen LogP contribution in [0.5, 0.6) is 0 Å². The molecule has 0 amide bonds. The Bertz CT molecular complexity index is 3810. The number of imidazole rings is 1. The molecule has 4 heterocycles. The van der Waals surface area contributed by atoms with Crippen molar-refractivity contribution in [1.82, 2.24) is 24.1 Å². The van der Waals surface area contributed by atoms with Crippen molar-refractivity contribution in [3.8, 4) is 34.0 Å². The predicted octanol–water partition coefficient (Wildman–Crippen LogP) is 16.9. The average molecular weight is 1120 g/mol. The first-order valence-corrected chi connectivity index (χ1v) is 24.5. The molecule has 8 heteroatoms. The van der Waals surface area contributed by atoms with Gasteiger partial charge in [0.1, 0.15) is 11.6 Å². The fourth-order valence-electron chi connectivity index (χ4n) is 10.8. The summed E-state index contributed by atoms with van der Waals surface area (Å²) < 4.78 is 36.7. The van der Waals surface area contributed by atoms with Crippen molar-refractivity contribution < 1.29 is 29.8 Å². The molecule has 0 atom stereocenters.